The zero-order valence-corrected chi connectivity index (χ0v) is 14.5. The van der Waals surface area contributed by atoms with Crippen molar-refractivity contribution in [3.05, 3.63) is 69.7 Å². The van der Waals surface area contributed by atoms with E-state index in [1.165, 1.54) is 0 Å². The van der Waals surface area contributed by atoms with Crippen LogP contribution in [0.15, 0.2) is 53.0 Å². The van der Waals surface area contributed by atoms with E-state index in [4.69, 9.17) is 0 Å². The van der Waals surface area contributed by atoms with E-state index in [0.29, 0.717) is 18.7 Å². The van der Waals surface area contributed by atoms with E-state index in [0.717, 1.165) is 15.6 Å². The van der Waals surface area contributed by atoms with Gasteiger partial charge in [-0.15, -0.1) is 0 Å². The number of amides is 2. The number of nitrogens with one attached hydrogen (secondary N) is 2. The number of hydrogen-bond donors (Lipinski definition) is 2. The second-order valence-corrected chi connectivity index (χ2v) is 6.09. The van der Waals surface area contributed by atoms with Gasteiger partial charge < -0.3 is 10.6 Å². The van der Waals surface area contributed by atoms with Gasteiger partial charge in [0, 0.05) is 29.5 Å². The van der Waals surface area contributed by atoms with Gasteiger partial charge in [0.25, 0.3) is 0 Å². The molecule has 0 bridgehead atoms. The molecule has 23 heavy (non-hydrogen) atoms. The minimum absolute atomic E-state index is 0.0242. The van der Waals surface area contributed by atoms with Gasteiger partial charge in [0.1, 0.15) is 0 Å². The van der Waals surface area contributed by atoms with Crippen LogP contribution in [-0.2, 0) is 6.54 Å². The van der Waals surface area contributed by atoms with Crippen molar-refractivity contribution >= 4 is 27.7 Å². The fourth-order valence-electron chi connectivity index (χ4n) is 2.05. The Morgan fingerprint density at radius 1 is 1.00 bits per heavy atom. The normalized spacial score (nSPS) is 10.2. The van der Waals surface area contributed by atoms with Crippen LogP contribution in [0, 0.1) is 6.92 Å². The number of ketones is 1. The number of hydrogen-bond acceptors (Lipinski definition) is 2. The molecule has 0 aliphatic rings. The van der Waals surface area contributed by atoms with Crippen LogP contribution < -0.4 is 10.6 Å². The Bertz CT molecular complexity index is 684. The highest BCUT2D eigenvalue weighted by Crippen LogP contribution is 2.15. The molecule has 120 valence electrons. The van der Waals surface area contributed by atoms with Gasteiger partial charge in [-0.25, -0.2) is 4.79 Å². The number of carbonyl (C=O) groups excluding carboxylic acids is 2. The number of urea groups is 1. The maximum absolute atomic E-state index is 12.0. The molecule has 0 unspecified atom stereocenters. The Morgan fingerprint density at radius 3 is 2.39 bits per heavy atom. The zero-order chi connectivity index (χ0) is 16.7. The molecule has 2 aromatic rings. The van der Waals surface area contributed by atoms with Crippen molar-refractivity contribution in [2.75, 3.05) is 6.54 Å². The SMILES string of the molecule is Cc1ccc(C(=O)CCNC(=O)NCc2ccccc2Br)cc1. The van der Waals surface area contributed by atoms with Crippen LogP contribution in [0.1, 0.15) is 27.9 Å². The zero-order valence-electron chi connectivity index (χ0n) is 12.9. The van der Waals surface area contributed by atoms with Crippen molar-refractivity contribution < 1.29 is 9.59 Å². The van der Waals surface area contributed by atoms with Crippen LogP contribution >= 0.6 is 15.9 Å². The number of halogens is 1. The van der Waals surface area contributed by atoms with Crippen molar-refractivity contribution in [2.45, 2.75) is 19.9 Å². The summed E-state index contributed by atoms with van der Waals surface area (Å²) < 4.78 is 0.954. The van der Waals surface area contributed by atoms with Gasteiger partial charge in [0.2, 0.25) is 0 Å². The molecule has 0 spiro atoms. The first kappa shape index (κ1) is 17.2. The van der Waals surface area contributed by atoms with E-state index < -0.39 is 0 Å². The summed E-state index contributed by atoms with van der Waals surface area (Å²) in [5.74, 6) is 0.0242. The Hall–Kier alpha value is -2.14. The topological polar surface area (TPSA) is 58.2 Å². The lowest BCUT2D eigenvalue weighted by atomic mass is 10.1. The molecule has 2 N–H and O–H groups in total. The predicted octanol–water partition coefficient (Wildman–Crippen LogP) is 3.83. The third-order valence-electron chi connectivity index (χ3n) is 3.41. The molecule has 2 rings (SSSR count). The predicted molar refractivity (Wildman–Crippen MR) is 94.5 cm³/mol. The Kier molecular flexibility index (Phi) is 6.35. The Balaban J connectivity index is 1.71. The van der Waals surface area contributed by atoms with Crippen molar-refractivity contribution in [1.82, 2.24) is 10.6 Å². The van der Waals surface area contributed by atoms with Crippen molar-refractivity contribution in [1.29, 1.82) is 0 Å². The van der Waals surface area contributed by atoms with Crippen LogP contribution in [0.5, 0.6) is 0 Å². The maximum Gasteiger partial charge on any atom is 0.315 e. The van der Waals surface area contributed by atoms with Crippen molar-refractivity contribution in [3.8, 4) is 0 Å². The second-order valence-electron chi connectivity index (χ2n) is 5.24. The molecule has 0 radical (unpaired) electrons. The first-order valence-corrected chi connectivity index (χ1v) is 8.20. The number of aryl methyl sites for hydroxylation is 1. The highest BCUT2D eigenvalue weighted by Gasteiger charge is 2.07. The first-order valence-electron chi connectivity index (χ1n) is 7.41. The largest absolute Gasteiger partial charge is 0.338 e. The monoisotopic (exact) mass is 374 g/mol. The molecule has 0 aliphatic carbocycles. The number of rotatable bonds is 6. The van der Waals surface area contributed by atoms with E-state index in [1.807, 2.05) is 55.5 Å². The standard InChI is InChI=1S/C18H19BrN2O2/c1-13-6-8-14(9-7-13)17(22)10-11-20-18(23)21-12-15-4-2-3-5-16(15)19/h2-9H,10-12H2,1H3,(H2,20,21,23). The fourth-order valence-corrected chi connectivity index (χ4v) is 2.48. The molecule has 0 saturated carbocycles. The molecule has 0 saturated heterocycles. The number of Topliss-reactive ketones (excluding diaryl/α,β-unsaturated/α-hetero) is 1. The quantitative estimate of drug-likeness (QED) is 0.754. The lowest BCUT2D eigenvalue weighted by Gasteiger charge is -2.08. The molecule has 5 heteroatoms. The van der Waals surface area contributed by atoms with Gasteiger partial charge in [-0.1, -0.05) is 64.0 Å². The van der Waals surface area contributed by atoms with Gasteiger partial charge in [-0.2, -0.15) is 0 Å². The first-order chi connectivity index (χ1) is 11.1. The average molecular weight is 375 g/mol. The van der Waals surface area contributed by atoms with Gasteiger partial charge in [0.15, 0.2) is 5.78 Å². The van der Waals surface area contributed by atoms with Crippen LogP contribution in [0.4, 0.5) is 4.79 Å². The smallest absolute Gasteiger partial charge is 0.315 e. The van der Waals surface area contributed by atoms with Crippen LogP contribution in [0.2, 0.25) is 0 Å². The second kappa shape index (κ2) is 8.48. The third-order valence-corrected chi connectivity index (χ3v) is 4.18. The fraction of sp³-hybridized carbons (Fsp3) is 0.222. The Morgan fingerprint density at radius 2 is 1.70 bits per heavy atom. The average Bonchev–Trinajstić information content (AvgIpc) is 2.54. The molecule has 0 fully saturated rings. The van der Waals surface area contributed by atoms with E-state index in [-0.39, 0.29) is 18.2 Å². The van der Waals surface area contributed by atoms with Crippen molar-refractivity contribution in [2.24, 2.45) is 0 Å². The third kappa shape index (κ3) is 5.53. The van der Waals surface area contributed by atoms with Gasteiger partial charge in [-0.05, 0) is 18.6 Å². The number of benzene rings is 2. The molecule has 2 aromatic carbocycles. The minimum atomic E-state index is -0.280. The summed E-state index contributed by atoms with van der Waals surface area (Å²) in [6.45, 7) is 2.72. The number of carbonyl (C=O) groups is 2. The molecule has 0 heterocycles. The van der Waals surface area contributed by atoms with Gasteiger partial charge in [-0.3, -0.25) is 4.79 Å². The molecule has 4 nitrogen and oxygen atoms in total. The molecular formula is C18H19BrN2O2. The summed E-state index contributed by atoms with van der Waals surface area (Å²) in [4.78, 5) is 23.7. The van der Waals surface area contributed by atoms with E-state index in [2.05, 4.69) is 26.6 Å². The van der Waals surface area contributed by atoms with Crippen LogP contribution in [0.25, 0.3) is 0 Å². The van der Waals surface area contributed by atoms with E-state index >= 15 is 0 Å². The highest BCUT2D eigenvalue weighted by atomic mass is 79.9. The van der Waals surface area contributed by atoms with Crippen molar-refractivity contribution in [3.63, 3.8) is 0 Å². The molecule has 0 aliphatic heterocycles. The summed E-state index contributed by atoms with van der Waals surface area (Å²) in [5, 5.41) is 5.47. The minimum Gasteiger partial charge on any atom is -0.338 e. The molecule has 0 atom stereocenters. The van der Waals surface area contributed by atoms with E-state index in [9.17, 15) is 9.59 Å². The molecule has 2 amide bonds. The summed E-state index contributed by atoms with van der Waals surface area (Å²) in [7, 11) is 0. The summed E-state index contributed by atoms with van der Waals surface area (Å²) in [5.41, 5.74) is 2.79. The summed E-state index contributed by atoms with van der Waals surface area (Å²) in [6.07, 6.45) is 0.283. The lowest BCUT2D eigenvalue weighted by Crippen LogP contribution is -2.36. The molecular weight excluding hydrogens is 356 g/mol. The lowest BCUT2D eigenvalue weighted by molar-refractivity contribution is 0.0983. The van der Waals surface area contributed by atoms with Crippen LogP contribution in [-0.4, -0.2) is 18.4 Å². The summed E-state index contributed by atoms with van der Waals surface area (Å²) in [6, 6.07) is 14.9. The molecule has 0 aromatic heterocycles. The maximum atomic E-state index is 12.0. The Labute approximate surface area is 144 Å². The van der Waals surface area contributed by atoms with Gasteiger partial charge >= 0.3 is 6.03 Å². The summed E-state index contributed by atoms with van der Waals surface area (Å²) >= 11 is 3.43. The van der Waals surface area contributed by atoms with E-state index in [1.54, 1.807) is 0 Å². The highest BCUT2D eigenvalue weighted by molar-refractivity contribution is 9.10. The van der Waals surface area contributed by atoms with Gasteiger partial charge in [0.05, 0.1) is 0 Å². The van der Waals surface area contributed by atoms with Crippen LogP contribution in [0.3, 0.4) is 0 Å².